The van der Waals surface area contributed by atoms with Gasteiger partial charge >= 0.3 is 0 Å². The molecule has 1 fully saturated rings. The molecule has 1 aromatic heterocycles. The van der Waals surface area contributed by atoms with Crippen LogP contribution < -0.4 is 4.90 Å². The molecule has 0 aliphatic carbocycles. The summed E-state index contributed by atoms with van der Waals surface area (Å²) in [5.74, 6) is 0. The van der Waals surface area contributed by atoms with Gasteiger partial charge in [-0.3, -0.25) is 9.88 Å². The van der Waals surface area contributed by atoms with Crippen molar-refractivity contribution in [2.45, 2.75) is 33.2 Å². The molecule has 0 N–H and O–H groups in total. The minimum atomic E-state index is 0.665. The molecular weight excluding hydrogens is 210 g/mol. The van der Waals surface area contributed by atoms with Crippen molar-refractivity contribution in [1.29, 1.82) is 0 Å². The summed E-state index contributed by atoms with van der Waals surface area (Å²) in [6.45, 7) is 11.2. The summed E-state index contributed by atoms with van der Waals surface area (Å²) in [7, 11) is 0. The number of hydrogen-bond acceptors (Lipinski definition) is 3. The summed E-state index contributed by atoms with van der Waals surface area (Å²) in [5, 5.41) is 0. The molecule has 0 atom stereocenters. The van der Waals surface area contributed by atoms with Gasteiger partial charge in [-0.25, -0.2) is 0 Å². The minimum absolute atomic E-state index is 0.665. The summed E-state index contributed by atoms with van der Waals surface area (Å²) in [4.78, 5) is 9.44. The van der Waals surface area contributed by atoms with Gasteiger partial charge in [0.2, 0.25) is 0 Å². The van der Waals surface area contributed by atoms with Crippen LogP contribution in [0.25, 0.3) is 0 Å². The maximum absolute atomic E-state index is 4.47. The van der Waals surface area contributed by atoms with E-state index in [2.05, 4.69) is 47.7 Å². The third-order valence-electron chi connectivity index (χ3n) is 3.58. The maximum Gasteiger partial charge on any atom is 0.0553 e. The lowest BCUT2D eigenvalue weighted by Gasteiger charge is -2.38. The van der Waals surface area contributed by atoms with Crippen LogP contribution in [-0.2, 0) is 6.42 Å². The van der Waals surface area contributed by atoms with Crippen molar-refractivity contribution in [2.24, 2.45) is 0 Å². The van der Waals surface area contributed by atoms with Crippen LogP contribution in [0.4, 0.5) is 5.69 Å². The van der Waals surface area contributed by atoms with Crippen LogP contribution in [0, 0.1) is 0 Å². The molecule has 17 heavy (non-hydrogen) atoms. The molecule has 94 valence electrons. The van der Waals surface area contributed by atoms with E-state index < -0.39 is 0 Å². The Morgan fingerprint density at radius 1 is 1.18 bits per heavy atom. The van der Waals surface area contributed by atoms with Gasteiger partial charge in [0, 0.05) is 37.9 Å². The van der Waals surface area contributed by atoms with Crippen molar-refractivity contribution >= 4 is 5.69 Å². The van der Waals surface area contributed by atoms with E-state index in [9.17, 15) is 0 Å². The number of anilines is 1. The molecule has 0 spiro atoms. The molecule has 0 radical (unpaired) electrons. The Balaban J connectivity index is 1.95. The molecule has 0 amide bonds. The molecule has 1 saturated heterocycles. The Hall–Kier alpha value is -1.09. The molecule has 2 rings (SSSR count). The Morgan fingerprint density at radius 2 is 1.88 bits per heavy atom. The van der Waals surface area contributed by atoms with Crippen molar-refractivity contribution < 1.29 is 0 Å². The summed E-state index contributed by atoms with van der Waals surface area (Å²) in [5.41, 5.74) is 2.44. The zero-order valence-corrected chi connectivity index (χ0v) is 11.2. The molecule has 1 aliphatic rings. The molecule has 1 aliphatic heterocycles. The Labute approximate surface area is 104 Å². The Bertz CT molecular complexity index is 337. The maximum atomic E-state index is 4.47. The first-order valence-electron chi connectivity index (χ1n) is 6.64. The van der Waals surface area contributed by atoms with Gasteiger partial charge in [-0.2, -0.15) is 0 Å². The van der Waals surface area contributed by atoms with E-state index in [1.54, 1.807) is 0 Å². The average Bonchev–Trinajstić information content (AvgIpc) is 2.39. The second-order valence-electron chi connectivity index (χ2n) is 4.98. The first-order valence-corrected chi connectivity index (χ1v) is 6.64. The van der Waals surface area contributed by atoms with Gasteiger partial charge in [0.05, 0.1) is 11.9 Å². The van der Waals surface area contributed by atoms with Crippen LogP contribution in [0.2, 0.25) is 0 Å². The Morgan fingerprint density at radius 3 is 2.35 bits per heavy atom. The summed E-state index contributed by atoms with van der Waals surface area (Å²) < 4.78 is 0. The van der Waals surface area contributed by atoms with Crippen molar-refractivity contribution in [3.05, 3.63) is 24.0 Å². The van der Waals surface area contributed by atoms with Gasteiger partial charge in [0.1, 0.15) is 0 Å². The first-order chi connectivity index (χ1) is 8.20. The van der Waals surface area contributed by atoms with Gasteiger partial charge < -0.3 is 4.90 Å². The quantitative estimate of drug-likeness (QED) is 0.797. The third-order valence-corrected chi connectivity index (χ3v) is 3.58. The van der Waals surface area contributed by atoms with Crippen LogP contribution in [0.15, 0.2) is 18.3 Å². The van der Waals surface area contributed by atoms with Crippen LogP contribution in [0.1, 0.15) is 26.5 Å². The fraction of sp³-hybridized carbons (Fsp3) is 0.643. The lowest BCUT2D eigenvalue weighted by Crippen LogP contribution is -2.48. The largest absolute Gasteiger partial charge is 0.368 e. The smallest absolute Gasteiger partial charge is 0.0553 e. The van der Waals surface area contributed by atoms with E-state index in [1.807, 2.05) is 6.20 Å². The van der Waals surface area contributed by atoms with Gasteiger partial charge in [0.25, 0.3) is 0 Å². The normalized spacial score (nSPS) is 17.8. The standard InChI is InChI=1S/C14H23N3/c1-4-13-5-6-14(11-15-13)17-9-7-16(8-10-17)12(2)3/h5-6,11-12H,4,7-10H2,1-3H3. The zero-order valence-electron chi connectivity index (χ0n) is 11.2. The molecule has 0 bridgehead atoms. The van der Waals surface area contributed by atoms with Crippen LogP contribution in [0.3, 0.4) is 0 Å². The number of hydrogen-bond donors (Lipinski definition) is 0. The van der Waals surface area contributed by atoms with E-state index in [0.29, 0.717) is 6.04 Å². The first kappa shape index (κ1) is 12.4. The number of aryl methyl sites for hydroxylation is 1. The lowest BCUT2D eigenvalue weighted by molar-refractivity contribution is 0.209. The molecule has 1 aromatic rings. The molecule has 3 heteroatoms. The van der Waals surface area contributed by atoms with Gasteiger partial charge in [-0.05, 0) is 32.4 Å². The predicted molar refractivity (Wildman–Crippen MR) is 72.5 cm³/mol. The fourth-order valence-corrected chi connectivity index (χ4v) is 2.31. The van der Waals surface area contributed by atoms with Crippen molar-refractivity contribution in [1.82, 2.24) is 9.88 Å². The van der Waals surface area contributed by atoms with E-state index >= 15 is 0 Å². The van der Waals surface area contributed by atoms with Crippen LogP contribution in [-0.4, -0.2) is 42.1 Å². The topological polar surface area (TPSA) is 19.4 Å². The monoisotopic (exact) mass is 233 g/mol. The van der Waals surface area contributed by atoms with E-state index in [-0.39, 0.29) is 0 Å². The molecule has 0 aromatic carbocycles. The van der Waals surface area contributed by atoms with E-state index in [1.165, 1.54) is 11.4 Å². The van der Waals surface area contributed by atoms with E-state index in [0.717, 1.165) is 32.6 Å². The highest BCUT2D eigenvalue weighted by molar-refractivity contribution is 5.45. The number of pyridine rings is 1. The molecule has 3 nitrogen and oxygen atoms in total. The molecule has 2 heterocycles. The Kier molecular flexibility index (Phi) is 4.00. The minimum Gasteiger partial charge on any atom is -0.368 e. The van der Waals surface area contributed by atoms with Crippen LogP contribution >= 0.6 is 0 Å². The van der Waals surface area contributed by atoms with Crippen molar-refractivity contribution in [2.75, 3.05) is 31.1 Å². The third kappa shape index (κ3) is 2.97. The number of aromatic nitrogens is 1. The van der Waals surface area contributed by atoms with Crippen molar-refractivity contribution in [3.8, 4) is 0 Å². The fourth-order valence-electron chi connectivity index (χ4n) is 2.31. The predicted octanol–water partition coefficient (Wildman–Crippen LogP) is 2.17. The van der Waals surface area contributed by atoms with Gasteiger partial charge in [-0.1, -0.05) is 6.92 Å². The summed E-state index contributed by atoms with van der Waals surface area (Å²) in [6.07, 6.45) is 3.03. The second-order valence-corrected chi connectivity index (χ2v) is 4.98. The van der Waals surface area contributed by atoms with Crippen LogP contribution in [0.5, 0.6) is 0 Å². The van der Waals surface area contributed by atoms with Crippen molar-refractivity contribution in [3.63, 3.8) is 0 Å². The highest BCUT2D eigenvalue weighted by Gasteiger charge is 2.18. The second kappa shape index (κ2) is 5.50. The van der Waals surface area contributed by atoms with Gasteiger partial charge in [0.15, 0.2) is 0 Å². The lowest BCUT2D eigenvalue weighted by atomic mass is 10.2. The summed E-state index contributed by atoms with van der Waals surface area (Å²) in [6, 6.07) is 5.01. The highest BCUT2D eigenvalue weighted by atomic mass is 15.3. The molecule has 0 unspecified atom stereocenters. The average molecular weight is 233 g/mol. The SMILES string of the molecule is CCc1ccc(N2CCN(C(C)C)CC2)cn1. The summed E-state index contributed by atoms with van der Waals surface area (Å²) >= 11 is 0. The highest BCUT2D eigenvalue weighted by Crippen LogP contribution is 2.16. The number of piperazine rings is 1. The van der Waals surface area contributed by atoms with E-state index in [4.69, 9.17) is 0 Å². The molecule has 0 saturated carbocycles. The zero-order chi connectivity index (χ0) is 12.3. The molecular formula is C14H23N3. The van der Waals surface area contributed by atoms with Gasteiger partial charge in [-0.15, -0.1) is 0 Å². The number of nitrogens with zero attached hydrogens (tertiary/aromatic N) is 3. The number of rotatable bonds is 3.